The monoisotopic (exact) mass is 204 g/mol. The zero-order valence-electron chi connectivity index (χ0n) is 8.94. The second-order valence-corrected chi connectivity index (χ2v) is 3.33. The Morgan fingerprint density at radius 1 is 1.20 bits per heavy atom. The highest BCUT2D eigenvalue weighted by atomic mass is 16.5. The van der Waals surface area contributed by atoms with Crippen molar-refractivity contribution in [1.82, 2.24) is 10.2 Å². The molecule has 0 spiro atoms. The molecule has 0 fully saturated rings. The molecule has 0 bridgehead atoms. The molecule has 0 amide bonds. The summed E-state index contributed by atoms with van der Waals surface area (Å²) < 4.78 is 10.6. The van der Waals surface area contributed by atoms with Gasteiger partial charge in [-0.1, -0.05) is 6.07 Å². The summed E-state index contributed by atoms with van der Waals surface area (Å²) in [4.78, 5) is 0. The topological polar surface area (TPSA) is 48.2 Å². The van der Waals surface area contributed by atoms with Crippen LogP contribution in [0.3, 0.4) is 0 Å². The van der Waals surface area contributed by atoms with Crippen molar-refractivity contribution in [2.45, 2.75) is 13.8 Å². The van der Waals surface area contributed by atoms with Crippen molar-refractivity contribution in [3.8, 4) is 17.2 Å². The van der Waals surface area contributed by atoms with Gasteiger partial charge in [0.15, 0.2) is 0 Å². The van der Waals surface area contributed by atoms with Crippen molar-refractivity contribution in [1.29, 1.82) is 0 Å². The Morgan fingerprint density at radius 3 is 2.60 bits per heavy atom. The lowest BCUT2D eigenvalue weighted by Gasteiger charge is -2.05. The molecule has 0 atom stereocenters. The predicted molar refractivity (Wildman–Crippen MR) is 55.8 cm³/mol. The van der Waals surface area contributed by atoms with Crippen molar-refractivity contribution in [3.63, 3.8) is 0 Å². The first kappa shape index (κ1) is 9.71. The maximum absolute atomic E-state index is 5.35. The molecular weight excluding hydrogens is 192 g/mol. The molecule has 2 rings (SSSR count). The average Bonchev–Trinajstić information content (AvgIpc) is 2.64. The third-order valence-electron chi connectivity index (χ3n) is 2.11. The van der Waals surface area contributed by atoms with Crippen LogP contribution in [0.4, 0.5) is 0 Å². The maximum atomic E-state index is 5.35. The third kappa shape index (κ3) is 1.83. The second-order valence-electron chi connectivity index (χ2n) is 3.33. The molecule has 2 aromatic rings. The molecule has 1 aromatic heterocycles. The Balaban J connectivity index is 2.52. The number of ether oxygens (including phenoxy) is 1. The maximum Gasteiger partial charge on any atom is 0.251 e. The number of nitrogens with zero attached hydrogens (tertiary/aromatic N) is 2. The van der Waals surface area contributed by atoms with E-state index in [4.69, 9.17) is 9.15 Å². The first-order valence-electron chi connectivity index (χ1n) is 4.66. The minimum absolute atomic E-state index is 0.490. The Hall–Kier alpha value is -1.84. The van der Waals surface area contributed by atoms with Crippen LogP contribution in [0.2, 0.25) is 0 Å². The van der Waals surface area contributed by atoms with E-state index in [1.54, 1.807) is 14.0 Å². The molecule has 0 unspecified atom stereocenters. The van der Waals surface area contributed by atoms with Crippen molar-refractivity contribution in [2.24, 2.45) is 0 Å². The number of aromatic nitrogens is 2. The highest BCUT2D eigenvalue weighted by molar-refractivity contribution is 5.63. The lowest BCUT2D eigenvalue weighted by Crippen LogP contribution is -1.89. The van der Waals surface area contributed by atoms with Gasteiger partial charge in [0.1, 0.15) is 5.75 Å². The summed E-state index contributed by atoms with van der Waals surface area (Å²) in [5.41, 5.74) is 1.95. The normalized spacial score (nSPS) is 10.3. The molecule has 1 aromatic carbocycles. The number of benzene rings is 1. The van der Waals surface area contributed by atoms with Crippen LogP contribution in [-0.2, 0) is 0 Å². The summed E-state index contributed by atoms with van der Waals surface area (Å²) in [5.74, 6) is 1.79. The smallest absolute Gasteiger partial charge is 0.251 e. The van der Waals surface area contributed by atoms with Gasteiger partial charge in [0, 0.05) is 6.92 Å². The number of hydrogen-bond acceptors (Lipinski definition) is 4. The molecular formula is C11H12N2O2. The summed E-state index contributed by atoms with van der Waals surface area (Å²) in [7, 11) is 1.63. The van der Waals surface area contributed by atoms with Gasteiger partial charge in [-0.3, -0.25) is 0 Å². The molecule has 4 nitrogen and oxygen atoms in total. The van der Waals surface area contributed by atoms with E-state index >= 15 is 0 Å². The standard InChI is InChI=1S/C11H12N2O2/c1-7-4-5-9(10(6-7)14-3)11-13-12-8(2)15-11/h4-6H,1-3H3. The van der Waals surface area contributed by atoms with Gasteiger partial charge in [0.2, 0.25) is 5.89 Å². The number of rotatable bonds is 2. The zero-order valence-corrected chi connectivity index (χ0v) is 8.94. The molecule has 0 aliphatic heterocycles. The highest BCUT2D eigenvalue weighted by Gasteiger charge is 2.11. The van der Waals surface area contributed by atoms with E-state index in [2.05, 4.69) is 10.2 Å². The molecule has 4 heteroatoms. The van der Waals surface area contributed by atoms with E-state index in [0.29, 0.717) is 11.8 Å². The van der Waals surface area contributed by atoms with Crippen LogP contribution >= 0.6 is 0 Å². The lowest BCUT2D eigenvalue weighted by atomic mass is 10.1. The number of methoxy groups -OCH3 is 1. The van der Waals surface area contributed by atoms with Crippen LogP contribution in [0.1, 0.15) is 11.5 Å². The summed E-state index contributed by atoms with van der Waals surface area (Å²) in [6, 6.07) is 5.84. The molecule has 0 saturated heterocycles. The fourth-order valence-corrected chi connectivity index (χ4v) is 1.38. The Bertz CT molecular complexity index is 477. The van der Waals surface area contributed by atoms with Crippen molar-refractivity contribution in [2.75, 3.05) is 7.11 Å². The van der Waals surface area contributed by atoms with E-state index < -0.39 is 0 Å². The Kier molecular flexibility index (Phi) is 2.41. The van der Waals surface area contributed by atoms with Gasteiger partial charge in [0.05, 0.1) is 12.7 Å². The molecule has 0 N–H and O–H groups in total. The minimum atomic E-state index is 0.490. The molecule has 15 heavy (non-hydrogen) atoms. The summed E-state index contributed by atoms with van der Waals surface area (Å²) >= 11 is 0. The van der Waals surface area contributed by atoms with Crippen LogP contribution in [-0.4, -0.2) is 17.3 Å². The van der Waals surface area contributed by atoms with Crippen LogP contribution < -0.4 is 4.74 Å². The van der Waals surface area contributed by atoms with Gasteiger partial charge in [-0.15, -0.1) is 10.2 Å². The number of hydrogen-bond donors (Lipinski definition) is 0. The van der Waals surface area contributed by atoms with Gasteiger partial charge in [-0.25, -0.2) is 0 Å². The quantitative estimate of drug-likeness (QED) is 0.753. The molecule has 0 saturated carbocycles. The minimum Gasteiger partial charge on any atom is -0.496 e. The SMILES string of the molecule is COc1cc(C)ccc1-c1nnc(C)o1. The van der Waals surface area contributed by atoms with E-state index in [1.807, 2.05) is 25.1 Å². The van der Waals surface area contributed by atoms with Crippen molar-refractivity contribution < 1.29 is 9.15 Å². The second kappa shape index (κ2) is 3.73. The largest absolute Gasteiger partial charge is 0.496 e. The predicted octanol–water partition coefficient (Wildman–Crippen LogP) is 2.36. The zero-order chi connectivity index (χ0) is 10.8. The highest BCUT2D eigenvalue weighted by Crippen LogP contribution is 2.29. The van der Waals surface area contributed by atoms with Crippen LogP contribution in [0.5, 0.6) is 5.75 Å². The van der Waals surface area contributed by atoms with Gasteiger partial charge in [-0.2, -0.15) is 0 Å². The van der Waals surface area contributed by atoms with E-state index in [-0.39, 0.29) is 0 Å². The summed E-state index contributed by atoms with van der Waals surface area (Å²) in [6.07, 6.45) is 0. The van der Waals surface area contributed by atoms with Gasteiger partial charge >= 0.3 is 0 Å². The first-order valence-corrected chi connectivity index (χ1v) is 4.66. The van der Waals surface area contributed by atoms with E-state index in [1.165, 1.54) is 0 Å². The van der Waals surface area contributed by atoms with Gasteiger partial charge in [-0.05, 0) is 24.6 Å². The van der Waals surface area contributed by atoms with E-state index in [0.717, 1.165) is 16.9 Å². The Labute approximate surface area is 87.9 Å². The van der Waals surface area contributed by atoms with Crippen LogP contribution in [0.15, 0.2) is 22.6 Å². The van der Waals surface area contributed by atoms with Crippen molar-refractivity contribution in [3.05, 3.63) is 29.7 Å². The van der Waals surface area contributed by atoms with Crippen molar-refractivity contribution >= 4 is 0 Å². The fraction of sp³-hybridized carbons (Fsp3) is 0.273. The molecule has 78 valence electrons. The first-order chi connectivity index (χ1) is 7.20. The third-order valence-corrected chi connectivity index (χ3v) is 2.11. The summed E-state index contributed by atoms with van der Waals surface area (Å²) in [6.45, 7) is 3.77. The Morgan fingerprint density at radius 2 is 2.00 bits per heavy atom. The summed E-state index contributed by atoms with van der Waals surface area (Å²) in [5, 5.41) is 7.75. The fourth-order valence-electron chi connectivity index (χ4n) is 1.38. The van der Waals surface area contributed by atoms with Gasteiger partial charge in [0.25, 0.3) is 5.89 Å². The number of aryl methyl sites for hydroxylation is 2. The lowest BCUT2D eigenvalue weighted by molar-refractivity contribution is 0.413. The molecule has 1 heterocycles. The average molecular weight is 204 g/mol. The van der Waals surface area contributed by atoms with Crippen LogP contribution in [0.25, 0.3) is 11.5 Å². The molecule has 0 aliphatic rings. The molecule has 0 aliphatic carbocycles. The molecule has 0 radical (unpaired) electrons. The van der Waals surface area contributed by atoms with Gasteiger partial charge < -0.3 is 9.15 Å². The van der Waals surface area contributed by atoms with Crippen LogP contribution in [0, 0.1) is 13.8 Å². The van der Waals surface area contributed by atoms with E-state index in [9.17, 15) is 0 Å².